The maximum absolute atomic E-state index is 12.6. The Labute approximate surface area is 134 Å². The highest BCUT2D eigenvalue weighted by Crippen LogP contribution is 2.35. The van der Waals surface area contributed by atoms with E-state index in [2.05, 4.69) is 10.6 Å². The summed E-state index contributed by atoms with van der Waals surface area (Å²) in [5, 5.41) is 6.15. The Balaban J connectivity index is 1.78. The minimum Gasteiger partial charge on any atom is -0.466 e. The molecule has 1 unspecified atom stereocenters. The fraction of sp³-hybridized carbons (Fsp3) is 0.500. The van der Waals surface area contributed by atoms with E-state index in [1.54, 1.807) is 18.2 Å². The number of carbonyl (C=O) groups is 2. The largest absolute Gasteiger partial charge is 0.466 e. The van der Waals surface area contributed by atoms with Crippen LogP contribution in [-0.4, -0.2) is 23.5 Å². The summed E-state index contributed by atoms with van der Waals surface area (Å²) < 4.78 is 5.71. The van der Waals surface area contributed by atoms with Crippen molar-refractivity contribution in [2.24, 2.45) is 0 Å². The topological polar surface area (TPSA) is 67.4 Å². The zero-order valence-electron chi connectivity index (χ0n) is 12.4. The summed E-state index contributed by atoms with van der Waals surface area (Å²) in [6.45, 7) is 1.50. The van der Waals surface area contributed by atoms with Crippen molar-refractivity contribution in [3.8, 4) is 5.75 Å². The molecule has 1 heterocycles. The van der Waals surface area contributed by atoms with Crippen LogP contribution >= 0.6 is 11.6 Å². The van der Waals surface area contributed by atoms with Crippen molar-refractivity contribution >= 4 is 29.1 Å². The molecule has 0 bridgehead atoms. The number of halogens is 1. The third kappa shape index (κ3) is 2.77. The third-order valence-electron chi connectivity index (χ3n) is 4.31. The van der Waals surface area contributed by atoms with Crippen LogP contribution in [0.1, 0.15) is 39.0 Å². The Morgan fingerprint density at radius 1 is 1.36 bits per heavy atom. The first-order chi connectivity index (χ1) is 10.5. The van der Waals surface area contributed by atoms with Gasteiger partial charge in [0.2, 0.25) is 0 Å². The summed E-state index contributed by atoms with van der Waals surface area (Å²) in [6.07, 6.45) is 5.33. The molecule has 1 saturated carbocycles. The van der Waals surface area contributed by atoms with E-state index < -0.39 is 17.4 Å². The molecule has 2 aliphatic rings. The summed E-state index contributed by atoms with van der Waals surface area (Å²) >= 11 is 5.90. The summed E-state index contributed by atoms with van der Waals surface area (Å²) in [5.41, 5.74) is -1.07. The second kappa shape index (κ2) is 5.80. The number of anilines is 1. The number of hydrogen-bond acceptors (Lipinski definition) is 3. The van der Waals surface area contributed by atoms with Crippen LogP contribution in [0.4, 0.5) is 5.69 Å². The molecule has 1 aromatic rings. The molecule has 0 radical (unpaired) electrons. The van der Waals surface area contributed by atoms with E-state index in [9.17, 15) is 9.59 Å². The number of carbonyl (C=O) groups excluding carboxylic acids is 2. The molecule has 5 nitrogen and oxygen atoms in total. The van der Waals surface area contributed by atoms with Crippen molar-refractivity contribution in [3.05, 3.63) is 23.2 Å². The van der Waals surface area contributed by atoms with Crippen LogP contribution in [0.15, 0.2) is 18.2 Å². The Morgan fingerprint density at radius 2 is 2.09 bits per heavy atom. The van der Waals surface area contributed by atoms with Crippen LogP contribution in [0.3, 0.4) is 0 Å². The van der Waals surface area contributed by atoms with E-state index >= 15 is 0 Å². The number of fused-ring (bicyclic) bond motifs is 1. The first-order valence-corrected chi connectivity index (χ1v) is 7.98. The molecule has 1 aliphatic carbocycles. The van der Waals surface area contributed by atoms with Crippen molar-refractivity contribution in [2.45, 2.75) is 50.7 Å². The molecule has 0 saturated heterocycles. The van der Waals surface area contributed by atoms with Crippen LogP contribution in [0, 0.1) is 0 Å². The lowest BCUT2D eigenvalue weighted by Crippen LogP contribution is -2.60. The van der Waals surface area contributed by atoms with E-state index in [4.69, 9.17) is 16.3 Å². The molecular weight excluding hydrogens is 304 g/mol. The van der Waals surface area contributed by atoms with Crippen molar-refractivity contribution in [1.29, 1.82) is 0 Å². The standard InChI is InChI=1S/C16H19ClN2O3/c1-16(14(20)18-11-5-3-2-4-6-11)15(21)19-12-9-10(17)7-8-13(12)22-16/h7-9,11H,2-6H2,1H3,(H,18,20)(H,19,21). The normalized spacial score (nSPS) is 24.9. The van der Waals surface area contributed by atoms with Gasteiger partial charge in [0.15, 0.2) is 0 Å². The van der Waals surface area contributed by atoms with Gasteiger partial charge in [0.05, 0.1) is 5.69 Å². The van der Waals surface area contributed by atoms with Gasteiger partial charge in [-0.05, 0) is 38.0 Å². The summed E-state index contributed by atoms with van der Waals surface area (Å²) in [7, 11) is 0. The van der Waals surface area contributed by atoms with Gasteiger partial charge < -0.3 is 15.4 Å². The van der Waals surface area contributed by atoms with Gasteiger partial charge in [-0.3, -0.25) is 9.59 Å². The Kier molecular flexibility index (Phi) is 4.00. The van der Waals surface area contributed by atoms with Gasteiger partial charge in [-0.1, -0.05) is 30.9 Å². The van der Waals surface area contributed by atoms with E-state index in [0.29, 0.717) is 16.5 Å². The monoisotopic (exact) mass is 322 g/mol. The molecule has 118 valence electrons. The molecular formula is C16H19ClN2O3. The SMILES string of the molecule is CC1(C(=O)NC2CCCCC2)Oc2ccc(Cl)cc2NC1=O. The molecule has 0 aromatic heterocycles. The lowest BCUT2D eigenvalue weighted by Gasteiger charge is -2.35. The molecule has 6 heteroatoms. The smallest absolute Gasteiger partial charge is 0.278 e. The minimum absolute atomic E-state index is 0.126. The number of benzene rings is 1. The zero-order chi connectivity index (χ0) is 15.7. The zero-order valence-corrected chi connectivity index (χ0v) is 13.2. The van der Waals surface area contributed by atoms with Crippen molar-refractivity contribution in [2.75, 3.05) is 5.32 Å². The molecule has 3 rings (SSSR count). The summed E-state index contributed by atoms with van der Waals surface area (Å²) in [4.78, 5) is 24.9. The van der Waals surface area contributed by atoms with Crippen molar-refractivity contribution in [3.63, 3.8) is 0 Å². The van der Waals surface area contributed by atoms with Crippen LogP contribution in [-0.2, 0) is 9.59 Å². The fourth-order valence-corrected chi connectivity index (χ4v) is 3.09. The minimum atomic E-state index is -1.56. The average molecular weight is 323 g/mol. The molecule has 1 aliphatic heterocycles. The highest BCUT2D eigenvalue weighted by atomic mass is 35.5. The highest BCUT2D eigenvalue weighted by Gasteiger charge is 2.47. The van der Waals surface area contributed by atoms with Crippen LogP contribution in [0.5, 0.6) is 5.75 Å². The van der Waals surface area contributed by atoms with Crippen LogP contribution in [0.25, 0.3) is 0 Å². The predicted molar refractivity (Wildman–Crippen MR) is 84.1 cm³/mol. The van der Waals surface area contributed by atoms with Crippen LogP contribution < -0.4 is 15.4 Å². The summed E-state index contributed by atoms with van der Waals surface area (Å²) in [5.74, 6) is -0.418. The molecule has 1 atom stereocenters. The van der Waals surface area contributed by atoms with E-state index in [0.717, 1.165) is 25.7 Å². The third-order valence-corrected chi connectivity index (χ3v) is 4.55. The molecule has 2 N–H and O–H groups in total. The second-order valence-corrected chi connectivity index (χ2v) is 6.47. The molecule has 1 fully saturated rings. The molecule has 2 amide bonds. The lowest BCUT2D eigenvalue weighted by atomic mass is 9.94. The first-order valence-electron chi connectivity index (χ1n) is 7.60. The second-order valence-electron chi connectivity index (χ2n) is 6.04. The van der Waals surface area contributed by atoms with Crippen molar-refractivity contribution < 1.29 is 14.3 Å². The van der Waals surface area contributed by atoms with Gasteiger partial charge in [-0.2, -0.15) is 0 Å². The quantitative estimate of drug-likeness (QED) is 0.823. The van der Waals surface area contributed by atoms with Gasteiger partial charge in [-0.15, -0.1) is 0 Å². The number of nitrogens with one attached hydrogen (secondary N) is 2. The van der Waals surface area contributed by atoms with Gasteiger partial charge in [0.25, 0.3) is 17.4 Å². The predicted octanol–water partition coefficient (Wildman–Crippen LogP) is 2.88. The van der Waals surface area contributed by atoms with E-state index in [1.165, 1.54) is 13.3 Å². The summed E-state index contributed by atoms with van der Waals surface area (Å²) in [6, 6.07) is 5.05. The molecule has 22 heavy (non-hydrogen) atoms. The Bertz CT molecular complexity index is 613. The molecule has 0 spiro atoms. The average Bonchev–Trinajstić information content (AvgIpc) is 2.50. The molecule has 1 aromatic carbocycles. The maximum Gasteiger partial charge on any atom is 0.278 e. The maximum atomic E-state index is 12.6. The number of hydrogen-bond donors (Lipinski definition) is 2. The van der Waals surface area contributed by atoms with E-state index in [-0.39, 0.29) is 6.04 Å². The van der Waals surface area contributed by atoms with Gasteiger partial charge in [0.1, 0.15) is 5.75 Å². The first kappa shape index (κ1) is 15.2. The van der Waals surface area contributed by atoms with Gasteiger partial charge >= 0.3 is 0 Å². The highest BCUT2D eigenvalue weighted by molar-refractivity contribution is 6.31. The Morgan fingerprint density at radius 3 is 2.82 bits per heavy atom. The van der Waals surface area contributed by atoms with Gasteiger partial charge in [0, 0.05) is 11.1 Å². The van der Waals surface area contributed by atoms with Crippen LogP contribution in [0.2, 0.25) is 5.02 Å². The number of amides is 2. The number of rotatable bonds is 2. The van der Waals surface area contributed by atoms with Crippen molar-refractivity contribution in [1.82, 2.24) is 5.32 Å². The lowest BCUT2D eigenvalue weighted by molar-refractivity contribution is -0.147. The van der Waals surface area contributed by atoms with Gasteiger partial charge in [-0.25, -0.2) is 0 Å². The fourth-order valence-electron chi connectivity index (χ4n) is 2.92. The Hall–Kier alpha value is -1.75. The number of ether oxygens (including phenoxy) is 1. The van der Waals surface area contributed by atoms with E-state index in [1.807, 2.05) is 0 Å².